The zero-order chi connectivity index (χ0) is 15.2. The lowest BCUT2D eigenvalue weighted by atomic mass is 10.2. The molecule has 0 radical (unpaired) electrons. The maximum absolute atomic E-state index is 12.3. The minimum atomic E-state index is -0.318. The van der Waals surface area contributed by atoms with Crippen LogP contribution in [0.5, 0.6) is 0 Å². The summed E-state index contributed by atoms with van der Waals surface area (Å²) in [7, 11) is 0. The first-order chi connectivity index (χ1) is 10.1. The fraction of sp³-hybridized carbons (Fsp3) is 0.188. The van der Waals surface area contributed by atoms with Crippen molar-refractivity contribution in [3.63, 3.8) is 0 Å². The zero-order valence-electron chi connectivity index (χ0n) is 11.9. The summed E-state index contributed by atoms with van der Waals surface area (Å²) in [5.74, 6) is -0.0561. The molecule has 0 heterocycles. The van der Waals surface area contributed by atoms with Gasteiger partial charge in [-0.2, -0.15) is 0 Å². The molecule has 1 atom stereocenters. The second-order valence-electron chi connectivity index (χ2n) is 4.56. The second-order valence-corrected chi connectivity index (χ2v) is 6.33. The van der Waals surface area contributed by atoms with Crippen LogP contribution in [0.3, 0.4) is 0 Å². The van der Waals surface area contributed by atoms with Crippen molar-refractivity contribution in [2.45, 2.75) is 17.9 Å². The number of carbonyl (C=O) groups excluding carboxylic acids is 1. The number of amides is 1. The highest BCUT2D eigenvalue weighted by Crippen LogP contribution is 2.24. The van der Waals surface area contributed by atoms with E-state index >= 15 is 0 Å². The highest BCUT2D eigenvalue weighted by Gasteiger charge is 2.14. The van der Waals surface area contributed by atoms with Crippen LogP contribution >= 0.6 is 27.7 Å². The number of hydrogen-bond donors (Lipinski definition) is 2. The number of halogens is 1. The van der Waals surface area contributed by atoms with Crippen LogP contribution in [0.15, 0.2) is 57.9 Å². The first-order valence-corrected chi connectivity index (χ1v) is 8.58. The number of benzene rings is 2. The van der Waals surface area contributed by atoms with Gasteiger partial charge in [0.2, 0.25) is 5.91 Å². The molecule has 0 fully saturated rings. The molecule has 0 saturated heterocycles. The maximum Gasteiger partial charge on any atom is 0.246 e. The minimum absolute atomic E-state index is 0.0561. The van der Waals surface area contributed by atoms with Crippen molar-refractivity contribution < 1.29 is 4.79 Å². The lowest BCUT2D eigenvalue weighted by molar-refractivity contribution is -0.116. The average Bonchev–Trinajstić information content (AvgIpc) is 2.50. The molecule has 2 aromatic carbocycles. The molecule has 0 spiro atoms. The Balaban J connectivity index is 2.01. The second kappa shape index (κ2) is 7.52. The molecule has 1 amide bonds. The normalized spacial score (nSPS) is 11.8. The van der Waals surface area contributed by atoms with E-state index in [0.717, 1.165) is 20.7 Å². The molecule has 2 rings (SSSR count). The lowest BCUT2D eigenvalue weighted by Gasteiger charge is -2.16. The van der Waals surface area contributed by atoms with Crippen molar-refractivity contribution in [1.29, 1.82) is 0 Å². The topological polar surface area (TPSA) is 41.1 Å². The average molecular weight is 365 g/mol. The van der Waals surface area contributed by atoms with Gasteiger partial charge in [-0.25, -0.2) is 0 Å². The number of thioether (sulfide) groups is 1. The van der Waals surface area contributed by atoms with Crippen molar-refractivity contribution in [1.82, 2.24) is 0 Å². The summed E-state index contributed by atoms with van der Waals surface area (Å²) in [5, 5.41) is 6.15. The van der Waals surface area contributed by atoms with Crippen LogP contribution in [0.4, 0.5) is 11.4 Å². The number of rotatable bonds is 5. The van der Waals surface area contributed by atoms with E-state index < -0.39 is 0 Å². The van der Waals surface area contributed by atoms with Gasteiger partial charge in [-0.15, -0.1) is 11.8 Å². The van der Waals surface area contributed by atoms with E-state index in [2.05, 4.69) is 26.6 Å². The van der Waals surface area contributed by atoms with Crippen LogP contribution in [-0.2, 0) is 4.79 Å². The van der Waals surface area contributed by atoms with Gasteiger partial charge in [0.1, 0.15) is 6.04 Å². The molecule has 0 saturated carbocycles. The maximum atomic E-state index is 12.3. The van der Waals surface area contributed by atoms with Gasteiger partial charge in [-0.3, -0.25) is 4.79 Å². The van der Waals surface area contributed by atoms with E-state index in [4.69, 9.17) is 0 Å². The summed E-state index contributed by atoms with van der Waals surface area (Å²) in [5.41, 5.74) is 1.76. The fourth-order valence-electron chi connectivity index (χ4n) is 1.85. The monoisotopic (exact) mass is 364 g/mol. The molecule has 0 unspecified atom stereocenters. The molecule has 21 heavy (non-hydrogen) atoms. The number of anilines is 2. The van der Waals surface area contributed by atoms with Crippen molar-refractivity contribution in [2.24, 2.45) is 0 Å². The van der Waals surface area contributed by atoms with E-state index in [0.29, 0.717) is 0 Å². The molecular formula is C16H17BrN2OS. The van der Waals surface area contributed by atoms with E-state index in [9.17, 15) is 4.79 Å². The summed E-state index contributed by atoms with van der Waals surface area (Å²) in [4.78, 5) is 13.3. The van der Waals surface area contributed by atoms with Crippen LogP contribution < -0.4 is 10.6 Å². The quantitative estimate of drug-likeness (QED) is 0.761. The van der Waals surface area contributed by atoms with E-state index in [1.54, 1.807) is 11.8 Å². The van der Waals surface area contributed by atoms with Crippen LogP contribution in [-0.4, -0.2) is 18.2 Å². The Kier molecular flexibility index (Phi) is 5.70. The number of hydrogen-bond acceptors (Lipinski definition) is 3. The lowest BCUT2D eigenvalue weighted by Crippen LogP contribution is -2.32. The standard InChI is InChI=1S/C16H17BrN2OS/c1-11(18-13-9-7-12(17)8-10-13)16(20)19-14-5-3-4-6-15(14)21-2/h3-11,18H,1-2H3,(H,19,20)/t11-/m1/s1. The van der Waals surface area contributed by atoms with Gasteiger partial charge >= 0.3 is 0 Å². The van der Waals surface area contributed by atoms with Gasteiger partial charge in [0.15, 0.2) is 0 Å². The van der Waals surface area contributed by atoms with Gasteiger partial charge < -0.3 is 10.6 Å². The molecular weight excluding hydrogens is 348 g/mol. The third-order valence-electron chi connectivity index (χ3n) is 2.99. The van der Waals surface area contributed by atoms with E-state index in [-0.39, 0.29) is 11.9 Å². The highest BCUT2D eigenvalue weighted by atomic mass is 79.9. The van der Waals surface area contributed by atoms with Crippen molar-refractivity contribution in [3.8, 4) is 0 Å². The summed E-state index contributed by atoms with van der Waals surface area (Å²) in [6.45, 7) is 1.85. The third-order valence-corrected chi connectivity index (χ3v) is 4.31. The Morgan fingerprint density at radius 3 is 2.48 bits per heavy atom. The van der Waals surface area contributed by atoms with E-state index in [1.165, 1.54) is 0 Å². The third kappa shape index (κ3) is 4.51. The minimum Gasteiger partial charge on any atom is -0.374 e. The van der Waals surface area contributed by atoms with Crippen molar-refractivity contribution in [3.05, 3.63) is 53.0 Å². The predicted octanol–water partition coefficient (Wildman–Crippen LogP) is 4.61. The predicted molar refractivity (Wildman–Crippen MR) is 94.1 cm³/mol. The number of para-hydroxylation sites is 1. The molecule has 110 valence electrons. The molecule has 0 aliphatic heterocycles. The molecule has 0 aliphatic carbocycles. The SMILES string of the molecule is CSc1ccccc1NC(=O)[C@@H](C)Nc1ccc(Br)cc1. The molecule has 2 aromatic rings. The Bertz CT molecular complexity index is 616. The Labute approximate surface area is 137 Å². The summed E-state index contributed by atoms with van der Waals surface area (Å²) >= 11 is 5.01. The molecule has 3 nitrogen and oxygen atoms in total. The van der Waals surface area contributed by atoms with Crippen LogP contribution in [0.25, 0.3) is 0 Å². The van der Waals surface area contributed by atoms with Crippen molar-refractivity contribution >= 4 is 45.0 Å². The molecule has 5 heteroatoms. The fourth-order valence-corrected chi connectivity index (χ4v) is 2.67. The van der Waals surface area contributed by atoms with Crippen LogP contribution in [0.2, 0.25) is 0 Å². The molecule has 2 N–H and O–H groups in total. The smallest absolute Gasteiger partial charge is 0.246 e. The highest BCUT2D eigenvalue weighted by molar-refractivity contribution is 9.10. The van der Waals surface area contributed by atoms with E-state index in [1.807, 2.05) is 61.7 Å². The molecule has 0 bridgehead atoms. The van der Waals surface area contributed by atoms with Gasteiger partial charge in [-0.05, 0) is 49.6 Å². The van der Waals surface area contributed by atoms with Crippen molar-refractivity contribution in [2.75, 3.05) is 16.9 Å². The largest absolute Gasteiger partial charge is 0.374 e. The Hall–Kier alpha value is -1.46. The van der Waals surface area contributed by atoms with Gasteiger partial charge in [0.05, 0.1) is 5.69 Å². The van der Waals surface area contributed by atoms with Gasteiger partial charge in [-0.1, -0.05) is 28.1 Å². The Morgan fingerprint density at radius 2 is 1.81 bits per heavy atom. The first-order valence-electron chi connectivity index (χ1n) is 6.56. The summed E-state index contributed by atoms with van der Waals surface area (Å²) in [6.07, 6.45) is 1.99. The van der Waals surface area contributed by atoms with Crippen LogP contribution in [0.1, 0.15) is 6.92 Å². The number of carbonyl (C=O) groups is 1. The van der Waals surface area contributed by atoms with Gasteiger partial charge in [0, 0.05) is 15.1 Å². The van der Waals surface area contributed by atoms with Crippen LogP contribution in [0, 0.1) is 0 Å². The first kappa shape index (κ1) is 15.9. The summed E-state index contributed by atoms with van der Waals surface area (Å²) in [6, 6.07) is 15.2. The van der Waals surface area contributed by atoms with Gasteiger partial charge in [0.25, 0.3) is 0 Å². The summed E-state index contributed by atoms with van der Waals surface area (Å²) < 4.78 is 1.01. The molecule has 0 aliphatic rings. The Morgan fingerprint density at radius 1 is 1.14 bits per heavy atom. The number of nitrogens with one attached hydrogen (secondary N) is 2. The zero-order valence-corrected chi connectivity index (χ0v) is 14.3. The molecule has 0 aromatic heterocycles.